The Morgan fingerprint density at radius 3 is 2.52 bits per heavy atom. The second kappa shape index (κ2) is 6.94. The highest BCUT2D eigenvalue weighted by molar-refractivity contribution is 5.92. The smallest absolute Gasteiger partial charge is 0.274 e. The SMILES string of the molecule is O=C(c1ccc(Nc2ccc3c(c2)OCCO3)nn1)N1CCOCC1. The van der Waals surface area contributed by atoms with Crippen molar-refractivity contribution in [3.05, 3.63) is 36.0 Å². The zero-order valence-corrected chi connectivity index (χ0v) is 13.6. The van der Waals surface area contributed by atoms with Crippen molar-refractivity contribution < 1.29 is 19.0 Å². The first-order valence-corrected chi connectivity index (χ1v) is 8.17. The molecule has 0 atom stereocenters. The van der Waals surface area contributed by atoms with Gasteiger partial charge in [-0.3, -0.25) is 4.79 Å². The number of benzene rings is 1. The van der Waals surface area contributed by atoms with Gasteiger partial charge in [0.25, 0.3) is 5.91 Å². The normalized spacial score (nSPS) is 16.4. The third-order valence-electron chi connectivity index (χ3n) is 4.00. The molecule has 1 N–H and O–H groups in total. The molecule has 130 valence electrons. The molecule has 0 aliphatic carbocycles. The van der Waals surface area contributed by atoms with E-state index in [1.54, 1.807) is 17.0 Å². The quantitative estimate of drug-likeness (QED) is 0.904. The van der Waals surface area contributed by atoms with Crippen molar-refractivity contribution in [2.24, 2.45) is 0 Å². The number of carbonyl (C=O) groups excluding carboxylic acids is 1. The van der Waals surface area contributed by atoms with Crippen molar-refractivity contribution in [2.75, 3.05) is 44.8 Å². The van der Waals surface area contributed by atoms with Gasteiger partial charge in [0, 0.05) is 24.8 Å². The molecule has 1 aromatic carbocycles. The molecule has 25 heavy (non-hydrogen) atoms. The molecular weight excluding hydrogens is 324 g/mol. The second-order valence-corrected chi connectivity index (χ2v) is 5.69. The fraction of sp³-hybridized carbons (Fsp3) is 0.353. The Morgan fingerprint density at radius 1 is 0.960 bits per heavy atom. The third kappa shape index (κ3) is 3.48. The zero-order valence-electron chi connectivity index (χ0n) is 13.6. The third-order valence-corrected chi connectivity index (χ3v) is 4.00. The van der Waals surface area contributed by atoms with Crippen molar-refractivity contribution in [2.45, 2.75) is 0 Å². The minimum atomic E-state index is -0.123. The van der Waals surface area contributed by atoms with E-state index in [4.69, 9.17) is 14.2 Å². The summed E-state index contributed by atoms with van der Waals surface area (Å²) in [5.74, 6) is 1.86. The van der Waals surface area contributed by atoms with Crippen molar-refractivity contribution in [3.63, 3.8) is 0 Å². The van der Waals surface area contributed by atoms with E-state index in [1.165, 1.54) is 0 Å². The zero-order chi connectivity index (χ0) is 17.1. The first-order valence-electron chi connectivity index (χ1n) is 8.17. The van der Waals surface area contributed by atoms with Crippen molar-refractivity contribution >= 4 is 17.4 Å². The van der Waals surface area contributed by atoms with E-state index in [-0.39, 0.29) is 5.91 Å². The van der Waals surface area contributed by atoms with Gasteiger partial charge in [0.15, 0.2) is 23.0 Å². The number of nitrogens with one attached hydrogen (secondary N) is 1. The summed E-state index contributed by atoms with van der Waals surface area (Å²) in [6, 6.07) is 8.98. The molecule has 0 radical (unpaired) electrons. The van der Waals surface area contributed by atoms with Crippen molar-refractivity contribution in [1.29, 1.82) is 0 Å². The van der Waals surface area contributed by atoms with Gasteiger partial charge < -0.3 is 24.4 Å². The van der Waals surface area contributed by atoms with Crippen LogP contribution in [0.1, 0.15) is 10.5 Å². The second-order valence-electron chi connectivity index (χ2n) is 5.69. The average molecular weight is 342 g/mol. The fourth-order valence-corrected chi connectivity index (χ4v) is 2.71. The molecule has 1 aromatic heterocycles. The summed E-state index contributed by atoms with van der Waals surface area (Å²) in [6.07, 6.45) is 0. The molecule has 2 aliphatic heterocycles. The largest absolute Gasteiger partial charge is 0.486 e. The molecule has 4 rings (SSSR count). The summed E-state index contributed by atoms with van der Waals surface area (Å²) in [5, 5.41) is 11.3. The Morgan fingerprint density at radius 2 is 1.76 bits per heavy atom. The molecule has 1 fully saturated rings. The summed E-state index contributed by atoms with van der Waals surface area (Å²) in [5.41, 5.74) is 1.14. The fourth-order valence-electron chi connectivity index (χ4n) is 2.71. The van der Waals surface area contributed by atoms with Crippen LogP contribution in [-0.2, 0) is 4.74 Å². The van der Waals surface area contributed by atoms with E-state index in [9.17, 15) is 4.79 Å². The van der Waals surface area contributed by atoms with Gasteiger partial charge in [0.05, 0.1) is 13.2 Å². The van der Waals surface area contributed by atoms with Crippen molar-refractivity contribution in [3.8, 4) is 11.5 Å². The molecule has 2 aliphatic rings. The number of rotatable bonds is 3. The lowest BCUT2D eigenvalue weighted by atomic mass is 10.2. The van der Waals surface area contributed by atoms with Crippen LogP contribution in [0.5, 0.6) is 11.5 Å². The van der Waals surface area contributed by atoms with Crippen LogP contribution in [0.25, 0.3) is 0 Å². The number of aromatic nitrogens is 2. The molecule has 8 nitrogen and oxygen atoms in total. The Hall–Kier alpha value is -2.87. The van der Waals surface area contributed by atoms with Crippen LogP contribution in [0.2, 0.25) is 0 Å². The molecule has 8 heteroatoms. The first kappa shape index (κ1) is 15.6. The predicted molar refractivity (Wildman–Crippen MR) is 89.5 cm³/mol. The van der Waals surface area contributed by atoms with E-state index in [1.807, 2.05) is 18.2 Å². The maximum atomic E-state index is 12.3. The van der Waals surface area contributed by atoms with Crippen LogP contribution in [-0.4, -0.2) is 60.5 Å². The minimum absolute atomic E-state index is 0.123. The molecule has 1 saturated heterocycles. The molecule has 0 spiro atoms. The van der Waals surface area contributed by atoms with E-state index >= 15 is 0 Å². The number of nitrogens with zero attached hydrogens (tertiary/aromatic N) is 3. The van der Waals surface area contributed by atoms with Gasteiger partial charge in [-0.25, -0.2) is 0 Å². The van der Waals surface area contributed by atoms with Crippen LogP contribution < -0.4 is 14.8 Å². The van der Waals surface area contributed by atoms with E-state index in [0.29, 0.717) is 56.8 Å². The number of fused-ring (bicyclic) bond motifs is 1. The van der Waals surface area contributed by atoms with Gasteiger partial charge in [-0.2, -0.15) is 0 Å². The highest BCUT2D eigenvalue weighted by atomic mass is 16.6. The number of ether oxygens (including phenoxy) is 3. The summed E-state index contributed by atoms with van der Waals surface area (Å²) < 4.78 is 16.3. The summed E-state index contributed by atoms with van der Waals surface area (Å²) in [7, 11) is 0. The predicted octanol–water partition coefficient (Wildman–Crippen LogP) is 1.46. The molecule has 1 amide bonds. The number of carbonyl (C=O) groups is 1. The molecule has 0 unspecified atom stereocenters. The topological polar surface area (TPSA) is 85.8 Å². The standard InChI is InChI=1S/C17H18N4O4/c22-17(21-5-7-23-8-6-21)13-2-4-16(20-19-13)18-12-1-3-14-15(11-12)25-10-9-24-14/h1-4,11H,5-10H2,(H,18,20). The van der Waals surface area contributed by atoms with Gasteiger partial charge >= 0.3 is 0 Å². The van der Waals surface area contributed by atoms with E-state index in [0.717, 1.165) is 11.4 Å². The lowest BCUT2D eigenvalue weighted by molar-refractivity contribution is 0.0298. The van der Waals surface area contributed by atoms with E-state index < -0.39 is 0 Å². The number of hydrogen-bond acceptors (Lipinski definition) is 7. The van der Waals surface area contributed by atoms with Gasteiger partial charge in [-0.05, 0) is 24.3 Å². The van der Waals surface area contributed by atoms with Crippen LogP contribution in [0.3, 0.4) is 0 Å². The molecular formula is C17H18N4O4. The lowest BCUT2D eigenvalue weighted by Crippen LogP contribution is -2.41. The van der Waals surface area contributed by atoms with Gasteiger partial charge in [-0.1, -0.05) is 0 Å². The Kier molecular flexibility index (Phi) is 4.34. The molecule has 0 bridgehead atoms. The van der Waals surface area contributed by atoms with Crippen LogP contribution >= 0.6 is 0 Å². The number of hydrogen-bond donors (Lipinski definition) is 1. The van der Waals surface area contributed by atoms with Gasteiger partial charge in [0.1, 0.15) is 13.2 Å². The van der Waals surface area contributed by atoms with Crippen LogP contribution in [0, 0.1) is 0 Å². The highest BCUT2D eigenvalue weighted by Gasteiger charge is 2.20. The molecule has 0 saturated carbocycles. The summed E-state index contributed by atoms with van der Waals surface area (Å²) >= 11 is 0. The Balaban J connectivity index is 1.44. The van der Waals surface area contributed by atoms with E-state index in [2.05, 4.69) is 15.5 Å². The highest BCUT2D eigenvalue weighted by Crippen LogP contribution is 2.33. The van der Waals surface area contributed by atoms with Crippen LogP contribution in [0.15, 0.2) is 30.3 Å². The first-order chi connectivity index (χ1) is 12.3. The summed E-state index contributed by atoms with van der Waals surface area (Å²) in [6.45, 7) is 3.37. The van der Waals surface area contributed by atoms with Crippen LogP contribution in [0.4, 0.5) is 11.5 Å². The molecule has 3 heterocycles. The Labute approximate surface area is 144 Å². The number of morpholine rings is 1. The lowest BCUT2D eigenvalue weighted by Gasteiger charge is -2.26. The number of amides is 1. The monoisotopic (exact) mass is 342 g/mol. The Bertz CT molecular complexity index is 760. The molecule has 2 aromatic rings. The minimum Gasteiger partial charge on any atom is -0.486 e. The maximum Gasteiger partial charge on any atom is 0.274 e. The maximum absolute atomic E-state index is 12.3. The van der Waals surface area contributed by atoms with Crippen molar-refractivity contribution in [1.82, 2.24) is 15.1 Å². The number of anilines is 2. The summed E-state index contributed by atoms with van der Waals surface area (Å²) in [4.78, 5) is 14.1. The average Bonchev–Trinajstić information content (AvgIpc) is 2.69. The van der Waals surface area contributed by atoms with Gasteiger partial charge in [0.2, 0.25) is 0 Å². The van der Waals surface area contributed by atoms with Gasteiger partial charge in [-0.15, -0.1) is 10.2 Å².